The van der Waals surface area contributed by atoms with E-state index in [4.69, 9.17) is 5.90 Å². The minimum atomic E-state index is -0.177. The molecule has 0 amide bonds. The van der Waals surface area contributed by atoms with Gasteiger partial charge in [-0.1, -0.05) is 0 Å². The minimum absolute atomic E-state index is 0. The molecule has 0 atom stereocenters. The maximum atomic E-state index is 11.7. The topological polar surface area (TPSA) is 52.3 Å². The fraction of sp³-hybridized carbons (Fsp3) is 0.909. The second kappa shape index (κ2) is 3.63. The maximum absolute atomic E-state index is 11.7. The van der Waals surface area contributed by atoms with Crippen LogP contribution in [0, 0.1) is 23.2 Å². The summed E-state index contributed by atoms with van der Waals surface area (Å²) in [7, 11) is 0. The third-order valence-corrected chi connectivity index (χ3v) is 4.58. The average molecular weight is 232 g/mol. The summed E-state index contributed by atoms with van der Waals surface area (Å²) in [5.74, 6) is 7.24. The summed E-state index contributed by atoms with van der Waals surface area (Å²) >= 11 is 0. The minimum Gasteiger partial charge on any atom is -0.373 e. The molecule has 4 heteroatoms. The molecule has 0 heterocycles. The van der Waals surface area contributed by atoms with E-state index in [9.17, 15) is 4.79 Å². The zero-order valence-electron chi connectivity index (χ0n) is 8.78. The summed E-state index contributed by atoms with van der Waals surface area (Å²) in [4.78, 5) is 16.2. The Kier molecular flexibility index (Phi) is 2.72. The maximum Gasteiger partial charge on any atom is 0.330 e. The van der Waals surface area contributed by atoms with E-state index >= 15 is 0 Å². The van der Waals surface area contributed by atoms with Gasteiger partial charge in [-0.25, -0.2) is 4.79 Å². The lowest BCUT2D eigenvalue weighted by Gasteiger charge is -2.54. The van der Waals surface area contributed by atoms with E-state index in [1.165, 1.54) is 19.3 Å². The lowest BCUT2D eigenvalue weighted by Crippen LogP contribution is -2.51. The Morgan fingerprint density at radius 2 is 1.47 bits per heavy atom. The molecule has 0 saturated heterocycles. The van der Waals surface area contributed by atoms with E-state index < -0.39 is 0 Å². The smallest absolute Gasteiger partial charge is 0.330 e. The van der Waals surface area contributed by atoms with E-state index in [2.05, 4.69) is 4.84 Å². The molecule has 4 bridgehead atoms. The Balaban J connectivity index is 0.000000853. The lowest BCUT2D eigenvalue weighted by atomic mass is 9.49. The number of nitrogens with two attached hydrogens (primary N) is 1. The van der Waals surface area contributed by atoms with Crippen molar-refractivity contribution in [3.05, 3.63) is 0 Å². The van der Waals surface area contributed by atoms with E-state index in [1.54, 1.807) is 0 Å². The predicted molar refractivity (Wildman–Crippen MR) is 58.1 cm³/mol. The van der Waals surface area contributed by atoms with Crippen LogP contribution in [-0.2, 0) is 9.63 Å². The van der Waals surface area contributed by atoms with E-state index in [1.807, 2.05) is 0 Å². The molecule has 4 rings (SSSR count). The Bertz CT molecular complexity index is 244. The van der Waals surface area contributed by atoms with Gasteiger partial charge in [0.1, 0.15) is 0 Å². The zero-order valence-corrected chi connectivity index (χ0v) is 9.59. The Morgan fingerprint density at radius 1 is 1.07 bits per heavy atom. The van der Waals surface area contributed by atoms with Crippen LogP contribution in [0.4, 0.5) is 0 Å². The molecule has 0 aliphatic heterocycles. The number of hydrogen-bond acceptors (Lipinski definition) is 3. The SMILES string of the molecule is Cl.NOC(=O)C12CC3CC(CC(C3)C1)C2. The van der Waals surface area contributed by atoms with Crippen molar-refractivity contribution in [2.45, 2.75) is 38.5 Å². The van der Waals surface area contributed by atoms with Gasteiger partial charge in [0.15, 0.2) is 0 Å². The van der Waals surface area contributed by atoms with Gasteiger partial charge < -0.3 is 4.84 Å². The highest BCUT2D eigenvalue weighted by Gasteiger charge is 2.55. The van der Waals surface area contributed by atoms with Gasteiger partial charge in [-0.3, -0.25) is 0 Å². The lowest BCUT2D eigenvalue weighted by molar-refractivity contribution is -0.172. The summed E-state index contributed by atoms with van der Waals surface area (Å²) in [6, 6.07) is 0. The summed E-state index contributed by atoms with van der Waals surface area (Å²) in [6.07, 6.45) is 7.14. The number of rotatable bonds is 1. The van der Waals surface area contributed by atoms with Crippen molar-refractivity contribution < 1.29 is 9.63 Å². The average Bonchev–Trinajstić information content (AvgIpc) is 2.14. The molecular weight excluding hydrogens is 214 g/mol. The van der Waals surface area contributed by atoms with Gasteiger partial charge in [-0.15, -0.1) is 12.4 Å². The van der Waals surface area contributed by atoms with Gasteiger partial charge >= 0.3 is 5.97 Å². The van der Waals surface area contributed by atoms with Crippen molar-refractivity contribution >= 4 is 18.4 Å². The first-order valence-corrected chi connectivity index (χ1v) is 5.63. The predicted octanol–water partition coefficient (Wildman–Crippen LogP) is 2.04. The summed E-state index contributed by atoms with van der Waals surface area (Å²) in [5, 5.41) is 0. The number of hydrogen-bond donors (Lipinski definition) is 1. The Hall–Kier alpha value is -0.280. The van der Waals surface area contributed by atoms with Gasteiger partial charge in [-0.2, -0.15) is 5.90 Å². The molecule has 86 valence electrons. The first-order valence-electron chi connectivity index (χ1n) is 5.63. The van der Waals surface area contributed by atoms with Crippen LogP contribution in [0.25, 0.3) is 0 Å². The molecule has 2 N–H and O–H groups in total. The molecular formula is C11H18ClNO2. The monoisotopic (exact) mass is 231 g/mol. The van der Waals surface area contributed by atoms with Crippen LogP contribution >= 0.6 is 12.4 Å². The highest BCUT2D eigenvalue weighted by molar-refractivity contribution is 5.85. The normalized spacial score (nSPS) is 46.1. The van der Waals surface area contributed by atoms with Crippen molar-refractivity contribution in [3.63, 3.8) is 0 Å². The molecule has 0 aromatic carbocycles. The molecule has 0 unspecified atom stereocenters. The van der Waals surface area contributed by atoms with Crippen LogP contribution in [-0.4, -0.2) is 5.97 Å². The van der Waals surface area contributed by atoms with Gasteiger partial charge in [-0.05, 0) is 56.3 Å². The van der Waals surface area contributed by atoms with Crippen molar-refractivity contribution in [2.24, 2.45) is 29.1 Å². The molecule has 0 spiro atoms. The van der Waals surface area contributed by atoms with Crippen molar-refractivity contribution in [3.8, 4) is 0 Å². The fourth-order valence-corrected chi connectivity index (χ4v) is 4.49. The molecule has 0 radical (unpaired) electrons. The van der Waals surface area contributed by atoms with E-state index in [0.717, 1.165) is 37.0 Å². The highest BCUT2D eigenvalue weighted by atomic mass is 35.5. The molecule has 4 aliphatic rings. The van der Waals surface area contributed by atoms with Crippen LogP contribution in [0.2, 0.25) is 0 Å². The summed E-state index contributed by atoms with van der Waals surface area (Å²) < 4.78 is 0. The second-order valence-electron chi connectivity index (χ2n) is 5.60. The van der Waals surface area contributed by atoms with Crippen molar-refractivity contribution in [2.75, 3.05) is 0 Å². The quantitative estimate of drug-likeness (QED) is 0.703. The van der Waals surface area contributed by atoms with Gasteiger partial charge in [0.2, 0.25) is 0 Å². The highest BCUT2D eigenvalue weighted by Crippen LogP contribution is 2.60. The Labute approximate surface area is 96.1 Å². The molecule has 0 aromatic heterocycles. The van der Waals surface area contributed by atoms with Gasteiger partial charge in [0.05, 0.1) is 5.41 Å². The molecule has 0 aromatic rings. The first-order chi connectivity index (χ1) is 6.72. The van der Waals surface area contributed by atoms with E-state index in [0.29, 0.717) is 0 Å². The zero-order chi connectivity index (χ0) is 9.76. The van der Waals surface area contributed by atoms with E-state index in [-0.39, 0.29) is 23.8 Å². The van der Waals surface area contributed by atoms with Crippen LogP contribution in [0.1, 0.15) is 38.5 Å². The molecule has 15 heavy (non-hydrogen) atoms. The summed E-state index contributed by atoms with van der Waals surface area (Å²) in [5.41, 5.74) is -0.177. The number of carbonyl (C=O) groups is 1. The first kappa shape index (κ1) is 11.2. The molecule has 4 saturated carbocycles. The molecule has 4 aliphatic carbocycles. The third kappa shape index (κ3) is 1.56. The number of carbonyl (C=O) groups excluding carboxylic acids is 1. The van der Waals surface area contributed by atoms with Crippen molar-refractivity contribution in [1.29, 1.82) is 0 Å². The Morgan fingerprint density at radius 3 is 1.80 bits per heavy atom. The van der Waals surface area contributed by atoms with Crippen LogP contribution in [0.5, 0.6) is 0 Å². The van der Waals surface area contributed by atoms with Crippen LogP contribution in [0.3, 0.4) is 0 Å². The largest absolute Gasteiger partial charge is 0.373 e. The molecule has 3 nitrogen and oxygen atoms in total. The van der Waals surface area contributed by atoms with Gasteiger partial charge in [0.25, 0.3) is 0 Å². The van der Waals surface area contributed by atoms with Crippen LogP contribution < -0.4 is 5.90 Å². The van der Waals surface area contributed by atoms with Crippen LogP contribution in [0.15, 0.2) is 0 Å². The standard InChI is InChI=1S/C11H17NO2.ClH/c12-14-10(13)11-4-7-1-8(5-11)3-9(2-7)6-11;/h7-9H,1-6,12H2;1H. The fourth-order valence-electron chi connectivity index (χ4n) is 4.49. The number of halogens is 1. The molecule has 4 fully saturated rings. The third-order valence-electron chi connectivity index (χ3n) is 4.58. The van der Waals surface area contributed by atoms with Crippen molar-refractivity contribution in [1.82, 2.24) is 0 Å². The van der Waals surface area contributed by atoms with Gasteiger partial charge in [0, 0.05) is 0 Å². The second-order valence-corrected chi connectivity index (χ2v) is 5.60. The summed E-state index contributed by atoms with van der Waals surface area (Å²) in [6.45, 7) is 0.